The fourth-order valence-electron chi connectivity index (χ4n) is 0. The quantitative estimate of drug-likeness (QED) is 0.241. The van der Waals surface area contributed by atoms with Crippen molar-refractivity contribution in [2.75, 3.05) is 0 Å². The Bertz CT molecular complexity index is 11.6. The van der Waals surface area contributed by atoms with E-state index in [1.807, 2.05) is 0 Å². The predicted octanol–water partition coefficient (Wildman–Crippen LogP) is -4.44. The Hall–Kier alpha value is 1.31. The van der Waals surface area contributed by atoms with Gasteiger partial charge in [-0.15, -0.1) is 0 Å². The van der Waals surface area contributed by atoms with Crippen LogP contribution >= 0.6 is 8.60 Å². The molecular formula is H2NaO3P. The van der Waals surface area contributed by atoms with Crippen LogP contribution < -0.4 is 34.5 Å². The molecule has 5 heavy (non-hydrogen) atoms. The van der Waals surface area contributed by atoms with E-state index >= 15 is 0 Å². The molecule has 0 saturated carbocycles. The molecule has 0 aliphatic heterocycles. The van der Waals surface area contributed by atoms with Gasteiger partial charge in [-0.2, -0.15) is 0 Å². The molecule has 26 valence electrons. The van der Waals surface area contributed by atoms with Gasteiger partial charge in [-0.25, -0.2) is 0 Å². The monoisotopic (exact) mass is 104 g/mol. The predicted molar refractivity (Wildman–Crippen MR) is 11.4 cm³/mol. The molecule has 0 radical (unpaired) electrons. The summed E-state index contributed by atoms with van der Waals surface area (Å²) in [4.78, 5) is 22.9. The molecule has 0 saturated heterocycles. The summed E-state index contributed by atoms with van der Waals surface area (Å²) >= 11 is 0. The van der Waals surface area contributed by atoms with E-state index in [1.165, 1.54) is 0 Å². The molecule has 0 aromatic carbocycles. The summed E-state index contributed by atoms with van der Waals surface area (Å²) in [7, 11) is -2.87. The summed E-state index contributed by atoms with van der Waals surface area (Å²) in [5, 5.41) is 0. The minimum Gasteiger partial charge on any atom is -0.786 e. The van der Waals surface area contributed by atoms with Crippen molar-refractivity contribution in [3.8, 4) is 0 Å². The Morgan fingerprint density at radius 3 is 1.40 bits per heavy atom. The normalized spacial score (nSPS) is 7.20. The second-order valence-corrected chi connectivity index (χ2v) is 0.758. The first-order valence-electron chi connectivity index (χ1n) is 0.583. The molecule has 3 nitrogen and oxygen atoms in total. The van der Waals surface area contributed by atoms with Gasteiger partial charge in [-0.05, 0) is 0 Å². The second-order valence-electron chi connectivity index (χ2n) is 0.253. The van der Waals surface area contributed by atoms with Crippen molar-refractivity contribution in [2.24, 2.45) is 0 Å². The molecule has 0 unspecified atom stereocenters. The van der Waals surface area contributed by atoms with Crippen LogP contribution in [-0.2, 0) is 0 Å². The average molecular weight is 104 g/mol. The molecular weight excluding hydrogens is 102 g/mol. The van der Waals surface area contributed by atoms with E-state index in [0.717, 1.165) is 0 Å². The van der Waals surface area contributed by atoms with E-state index in [0.29, 0.717) is 0 Å². The smallest absolute Gasteiger partial charge is 0.786 e. The van der Waals surface area contributed by atoms with Crippen LogP contribution in [-0.4, -0.2) is 9.79 Å². The van der Waals surface area contributed by atoms with Crippen LogP contribution in [0.4, 0.5) is 0 Å². The Labute approximate surface area is 52.9 Å². The number of rotatable bonds is 0. The average Bonchev–Trinajstić information content (AvgIpc) is 0.811. The number of hydrogen-bond acceptors (Lipinski definition) is 3. The Morgan fingerprint density at radius 2 is 1.40 bits per heavy atom. The van der Waals surface area contributed by atoms with E-state index in [9.17, 15) is 0 Å². The molecule has 0 aromatic rings. The summed E-state index contributed by atoms with van der Waals surface area (Å²) in [5.74, 6) is 0. The van der Waals surface area contributed by atoms with Gasteiger partial charge in [0.1, 0.15) is 0 Å². The zero-order chi connectivity index (χ0) is 3.58. The van der Waals surface area contributed by atoms with Crippen LogP contribution in [0.25, 0.3) is 0 Å². The van der Waals surface area contributed by atoms with Crippen molar-refractivity contribution in [2.45, 2.75) is 0 Å². The maximum Gasteiger partial charge on any atom is 1.00 e. The van der Waals surface area contributed by atoms with Gasteiger partial charge in [-0.1, -0.05) is 0 Å². The summed E-state index contributed by atoms with van der Waals surface area (Å²) in [6.45, 7) is 0. The third-order valence-electron chi connectivity index (χ3n) is 0. The molecule has 0 atom stereocenters. The first-order chi connectivity index (χ1) is 1.73. The van der Waals surface area contributed by atoms with E-state index < -0.39 is 8.60 Å². The molecule has 5 heteroatoms. The van der Waals surface area contributed by atoms with Crippen LogP contribution in [0.1, 0.15) is 0 Å². The van der Waals surface area contributed by atoms with Crippen LogP contribution in [0, 0.1) is 0 Å². The fourth-order valence-corrected chi connectivity index (χ4v) is 0. The molecule has 0 amide bonds. The molecule has 0 aliphatic carbocycles. The maximum absolute atomic E-state index is 8.70. The first kappa shape index (κ1) is 9.58. The van der Waals surface area contributed by atoms with Crippen molar-refractivity contribution in [3.63, 3.8) is 0 Å². The van der Waals surface area contributed by atoms with Gasteiger partial charge in [0, 0.05) is 0 Å². The SMILES string of the molecule is [Na+].[O-]P(O)O. The minimum absolute atomic E-state index is 0. The largest absolute Gasteiger partial charge is 1.00 e. The standard InChI is InChI=1S/Na.H2O3P/c;1-4(2)3/h;1-2H/q+1;-1. The summed E-state index contributed by atoms with van der Waals surface area (Å²) in [5.41, 5.74) is 0. The topological polar surface area (TPSA) is 63.5 Å². The van der Waals surface area contributed by atoms with Crippen molar-refractivity contribution in [3.05, 3.63) is 0 Å². The Balaban J connectivity index is 0. The Morgan fingerprint density at radius 1 is 1.40 bits per heavy atom. The van der Waals surface area contributed by atoms with Crippen LogP contribution in [0.2, 0.25) is 0 Å². The Kier molecular flexibility index (Phi) is 10.2. The van der Waals surface area contributed by atoms with Crippen LogP contribution in [0.3, 0.4) is 0 Å². The molecule has 2 N–H and O–H groups in total. The second kappa shape index (κ2) is 5.31. The fraction of sp³-hybridized carbons (Fsp3) is 0. The van der Waals surface area contributed by atoms with Gasteiger partial charge in [0.15, 0.2) is 0 Å². The summed E-state index contributed by atoms with van der Waals surface area (Å²) < 4.78 is 0. The molecule has 0 rings (SSSR count). The van der Waals surface area contributed by atoms with Crippen molar-refractivity contribution in [1.29, 1.82) is 0 Å². The molecule has 0 bridgehead atoms. The molecule has 0 aliphatic rings. The van der Waals surface area contributed by atoms with Gasteiger partial charge in [0.25, 0.3) is 0 Å². The zero-order valence-electron chi connectivity index (χ0n) is 2.75. The molecule has 0 fully saturated rings. The zero-order valence-corrected chi connectivity index (χ0v) is 5.64. The maximum atomic E-state index is 8.70. The van der Waals surface area contributed by atoms with Crippen LogP contribution in [0.5, 0.6) is 0 Å². The molecule has 0 spiro atoms. The number of hydrogen-bond donors (Lipinski definition) is 2. The van der Waals surface area contributed by atoms with Crippen molar-refractivity contribution < 1.29 is 44.2 Å². The van der Waals surface area contributed by atoms with Gasteiger partial charge in [0.2, 0.25) is 0 Å². The molecule has 0 heterocycles. The summed E-state index contributed by atoms with van der Waals surface area (Å²) in [6.07, 6.45) is 0. The van der Waals surface area contributed by atoms with Crippen molar-refractivity contribution >= 4 is 8.60 Å². The van der Waals surface area contributed by atoms with E-state index in [2.05, 4.69) is 0 Å². The van der Waals surface area contributed by atoms with Gasteiger partial charge < -0.3 is 14.7 Å². The van der Waals surface area contributed by atoms with Crippen LogP contribution in [0.15, 0.2) is 0 Å². The van der Waals surface area contributed by atoms with E-state index in [-0.39, 0.29) is 29.6 Å². The van der Waals surface area contributed by atoms with Crippen molar-refractivity contribution in [1.82, 2.24) is 0 Å². The third-order valence-corrected chi connectivity index (χ3v) is 0. The van der Waals surface area contributed by atoms with Gasteiger partial charge in [0.05, 0.1) is 8.60 Å². The third kappa shape index (κ3) is 33.9. The minimum atomic E-state index is -2.87. The van der Waals surface area contributed by atoms with Gasteiger partial charge in [-0.3, -0.25) is 0 Å². The van der Waals surface area contributed by atoms with Gasteiger partial charge >= 0.3 is 29.6 Å². The van der Waals surface area contributed by atoms with E-state index in [4.69, 9.17) is 14.7 Å². The summed E-state index contributed by atoms with van der Waals surface area (Å²) in [6, 6.07) is 0. The van der Waals surface area contributed by atoms with E-state index in [1.54, 1.807) is 0 Å². The first-order valence-corrected chi connectivity index (χ1v) is 1.75. The molecule has 0 aromatic heterocycles.